The topological polar surface area (TPSA) is 93.5 Å². The van der Waals surface area contributed by atoms with Crippen molar-refractivity contribution < 1.29 is 19.1 Å². The van der Waals surface area contributed by atoms with Crippen LogP contribution in [-0.2, 0) is 24.5 Å². The van der Waals surface area contributed by atoms with E-state index in [2.05, 4.69) is 12.2 Å². The van der Waals surface area contributed by atoms with Crippen molar-refractivity contribution in [3.63, 3.8) is 0 Å². The molecule has 0 saturated heterocycles. The Hall–Kier alpha value is -2.87. The molecule has 8 nitrogen and oxygen atoms in total. The highest BCUT2D eigenvalue weighted by molar-refractivity contribution is 6.32. The summed E-state index contributed by atoms with van der Waals surface area (Å²) in [7, 11) is 0. The molecule has 0 atom stereocenters. The lowest BCUT2D eigenvalue weighted by Crippen LogP contribution is -2.39. The van der Waals surface area contributed by atoms with Gasteiger partial charge >= 0.3 is 5.97 Å². The lowest BCUT2D eigenvalue weighted by molar-refractivity contribution is -0.145. The summed E-state index contributed by atoms with van der Waals surface area (Å²) in [4.78, 5) is 39.1. The van der Waals surface area contributed by atoms with Crippen LogP contribution in [0.1, 0.15) is 72.4 Å². The first-order valence-electron chi connectivity index (χ1n) is 12.2. The summed E-state index contributed by atoms with van der Waals surface area (Å²) < 4.78 is 6.53. The third-order valence-electron chi connectivity index (χ3n) is 5.39. The number of unbranched alkanes of at least 4 members (excludes halogenated alkanes) is 2. The van der Waals surface area contributed by atoms with Gasteiger partial charge in [-0.3, -0.25) is 14.4 Å². The van der Waals surface area contributed by atoms with Crippen molar-refractivity contribution in [2.24, 2.45) is 0 Å². The lowest BCUT2D eigenvalue weighted by atomic mass is 9.92. The first kappa shape index (κ1) is 28.4. The standard InChI is InChI=1S/C26H37ClN4O4/c1-6-8-11-16-30(24(33)14-15-25(34)35-7-2)18-23(32)28-22-17-21(26(3,4)5)29-31(22)20-13-10-9-12-19(20)27/h9-10,12-13,17H,6-8,11,14-16,18H2,1-5H3,(H,28,32). The third-order valence-corrected chi connectivity index (χ3v) is 5.71. The Morgan fingerprint density at radius 2 is 1.83 bits per heavy atom. The summed E-state index contributed by atoms with van der Waals surface area (Å²) in [6, 6.07) is 9.09. The van der Waals surface area contributed by atoms with Gasteiger partial charge in [-0.05, 0) is 25.5 Å². The van der Waals surface area contributed by atoms with Crippen molar-refractivity contribution in [1.82, 2.24) is 14.7 Å². The van der Waals surface area contributed by atoms with Crippen LogP contribution in [0.4, 0.5) is 5.82 Å². The zero-order valence-electron chi connectivity index (χ0n) is 21.4. The van der Waals surface area contributed by atoms with Gasteiger partial charge in [-0.2, -0.15) is 5.10 Å². The summed E-state index contributed by atoms with van der Waals surface area (Å²) >= 11 is 6.41. The highest BCUT2D eigenvalue weighted by atomic mass is 35.5. The average Bonchev–Trinajstić information content (AvgIpc) is 3.21. The number of ether oxygens (including phenoxy) is 1. The van der Waals surface area contributed by atoms with Gasteiger partial charge in [0.05, 0.1) is 36.0 Å². The molecule has 0 aliphatic carbocycles. The van der Waals surface area contributed by atoms with Gasteiger partial charge in [0.2, 0.25) is 11.8 Å². The SMILES string of the molecule is CCCCCN(CC(=O)Nc1cc(C(C)(C)C)nn1-c1ccccc1Cl)C(=O)CCC(=O)OCC. The van der Waals surface area contributed by atoms with Crippen LogP contribution in [0.25, 0.3) is 5.69 Å². The number of nitrogens with one attached hydrogen (secondary N) is 1. The van der Waals surface area contributed by atoms with Crippen LogP contribution < -0.4 is 5.32 Å². The second kappa shape index (κ2) is 13.3. The predicted molar refractivity (Wildman–Crippen MR) is 138 cm³/mol. The van der Waals surface area contributed by atoms with E-state index in [0.29, 0.717) is 23.1 Å². The number of carbonyl (C=O) groups is 3. The number of para-hydroxylation sites is 1. The van der Waals surface area contributed by atoms with Crippen LogP contribution in [0.2, 0.25) is 5.02 Å². The monoisotopic (exact) mass is 504 g/mol. The summed E-state index contributed by atoms with van der Waals surface area (Å²) in [5.41, 5.74) is 1.18. The second-order valence-electron chi connectivity index (χ2n) is 9.40. The van der Waals surface area contributed by atoms with Gasteiger partial charge in [-0.15, -0.1) is 0 Å². The van der Waals surface area contributed by atoms with Crippen molar-refractivity contribution in [2.75, 3.05) is 25.0 Å². The van der Waals surface area contributed by atoms with Crippen LogP contribution >= 0.6 is 11.6 Å². The molecule has 0 bridgehead atoms. The lowest BCUT2D eigenvalue weighted by Gasteiger charge is -2.22. The maximum atomic E-state index is 13.1. The van der Waals surface area contributed by atoms with E-state index in [4.69, 9.17) is 21.4 Å². The molecule has 2 aromatic rings. The molecule has 9 heteroatoms. The molecular weight excluding hydrogens is 468 g/mol. The fourth-order valence-electron chi connectivity index (χ4n) is 3.44. The zero-order chi connectivity index (χ0) is 26.0. The molecular formula is C26H37ClN4O4. The van der Waals surface area contributed by atoms with E-state index < -0.39 is 5.97 Å². The molecule has 2 amide bonds. The van der Waals surface area contributed by atoms with Crippen LogP contribution in [-0.4, -0.2) is 52.2 Å². The first-order valence-corrected chi connectivity index (χ1v) is 12.5. The highest BCUT2D eigenvalue weighted by Crippen LogP contribution is 2.29. The van der Waals surface area contributed by atoms with Crippen LogP contribution in [0.5, 0.6) is 0 Å². The smallest absolute Gasteiger partial charge is 0.306 e. The number of anilines is 1. The van der Waals surface area contributed by atoms with Crippen molar-refractivity contribution in [1.29, 1.82) is 0 Å². The maximum absolute atomic E-state index is 13.1. The van der Waals surface area contributed by atoms with E-state index in [1.807, 2.05) is 45.0 Å². The van der Waals surface area contributed by atoms with Crippen LogP contribution in [0.3, 0.4) is 0 Å². The van der Waals surface area contributed by atoms with Crippen LogP contribution in [0, 0.1) is 0 Å². The zero-order valence-corrected chi connectivity index (χ0v) is 22.2. The Balaban J connectivity index is 2.21. The Labute approximate surface area is 213 Å². The predicted octanol–water partition coefficient (Wildman–Crippen LogP) is 5.12. The largest absolute Gasteiger partial charge is 0.466 e. The number of nitrogens with zero attached hydrogens (tertiary/aromatic N) is 3. The fraction of sp³-hybridized carbons (Fsp3) is 0.538. The quantitative estimate of drug-likeness (QED) is 0.319. The molecule has 2 rings (SSSR count). The average molecular weight is 505 g/mol. The molecule has 0 spiro atoms. The van der Waals surface area contributed by atoms with E-state index in [0.717, 1.165) is 25.0 Å². The maximum Gasteiger partial charge on any atom is 0.306 e. The van der Waals surface area contributed by atoms with Gasteiger partial charge in [0.25, 0.3) is 0 Å². The number of benzene rings is 1. The van der Waals surface area contributed by atoms with E-state index in [1.165, 1.54) is 4.90 Å². The number of rotatable bonds is 12. The first-order chi connectivity index (χ1) is 16.6. The molecule has 0 unspecified atom stereocenters. The molecule has 1 heterocycles. The summed E-state index contributed by atoms with van der Waals surface area (Å²) in [6.45, 7) is 10.5. The van der Waals surface area contributed by atoms with Crippen molar-refractivity contribution in [3.05, 3.63) is 41.0 Å². The number of hydrogen-bond donors (Lipinski definition) is 1. The van der Waals surface area contributed by atoms with Crippen molar-refractivity contribution >= 4 is 35.2 Å². The minimum Gasteiger partial charge on any atom is -0.466 e. The third kappa shape index (κ3) is 8.69. The van der Waals surface area contributed by atoms with Crippen molar-refractivity contribution in [3.8, 4) is 5.69 Å². The van der Waals surface area contributed by atoms with E-state index >= 15 is 0 Å². The van der Waals surface area contributed by atoms with Crippen LogP contribution in [0.15, 0.2) is 30.3 Å². The van der Waals surface area contributed by atoms with Gasteiger partial charge in [0.15, 0.2) is 0 Å². The Kier molecular flexibility index (Phi) is 10.8. The molecule has 0 saturated carbocycles. The van der Waals surface area contributed by atoms with Gasteiger partial charge in [-0.25, -0.2) is 4.68 Å². The Morgan fingerprint density at radius 3 is 2.46 bits per heavy atom. The summed E-state index contributed by atoms with van der Waals surface area (Å²) in [5, 5.41) is 8.10. The highest BCUT2D eigenvalue weighted by Gasteiger charge is 2.24. The number of hydrogen-bond acceptors (Lipinski definition) is 5. The summed E-state index contributed by atoms with van der Waals surface area (Å²) in [5.74, 6) is -0.545. The van der Waals surface area contributed by atoms with Gasteiger partial charge in [-0.1, -0.05) is 64.3 Å². The number of amides is 2. The van der Waals surface area contributed by atoms with Gasteiger partial charge < -0.3 is 15.0 Å². The minimum absolute atomic E-state index is 0.00393. The van der Waals surface area contributed by atoms with Crippen molar-refractivity contribution in [2.45, 2.75) is 72.1 Å². The molecule has 1 aromatic carbocycles. The number of aromatic nitrogens is 2. The molecule has 1 N–H and O–H groups in total. The molecule has 0 aliphatic heterocycles. The minimum atomic E-state index is -0.419. The Bertz CT molecular complexity index is 1010. The molecule has 192 valence electrons. The fourth-order valence-corrected chi connectivity index (χ4v) is 3.66. The molecule has 0 radical (unpaired) electrons. The van der Waals surface area contributed by atoms with Gasteiger partial charge in [0, 0.05) is 24.4 Å². The molecule has 35 heavy (non-hydrogen) atoms. The molecule has 1 aromatic heterocycles. The Morgan fingerprint density at radius 1 is 1.11 bits per heavy atom. The van der Waals surface area contributed by atoms with E-state index in [9.17, 15) is 14.4 Å². The number of esters is 1. The normalized spacial score (nSPS) is 11.3. The second-order valence-corrected chi connectivity index (χ2v) is 9.81. The van der Waals surface area contributed by atoms with E-state index in [1.54, 1.807) is 17.7 Å². The number of halogens is 1. The molecule has 0 aliphatic rings. The van der Waals surface area contributed by atoms with E-state index in [-0.39, 0.29) is 43.2 Å². The number of carbonyl (C=O) groups excluding carboxylic acids is 3. The van der Waals surface area contributed by atoms with Gasteiger partial charge in [0.1, 0.15) is 5.82 Å². The molecule has 0 fully saturated rings. The summed E-state index contributed by atoms with van der Waals surface area (Å²) in [6.07, 6.45) is 2.71.